The molecule has 0 aromatic carbocycles. The SMILES string of the molecule is COCCn1c(C)cc(C(=O)Cn2cc([N+](=O)[O-])ccc2=O)c1C. The maximum Gasteiger partial charge on any atom is 0.285 e. The molecule has 8 heteroatoms. The highest BCUT2D eigenvalue weighted by molar-refractivity contribution is 5.97. The van der Waals surface area contributed by atoms with E-state index in [0.717, 1.165) is 34.3 Å². The van der Waals surface area contributed by atoms with Crippen LogP contribution in [0.15, 0.2) is 29.2 Å². The Bertz CT molecular complexity index is 835. The molecule has 0 aliphatic rings. The smallest absolute Gasteiger partial charge is 0.285 e. The van der Waals surface area contributed by atoms with Gasteiger partial charge in [-0.15, -0.1) is 0 Å². The van der Waals surface area contributed by atoms with E-state index in [-0.39, 0.29) is 18.0 Å². The molecule has 0 amide bonds. The maximum atomic E-state index is 12.5. The van der Waals surface area contributed by atoms with Gasteiger partial charge in [-0.3, -0.25) is 19.7 Å². The van der Waals surface area contributed by atoms with Gasteiger partial charge >= 0.3 is 0 Å². The first kappa shape index (κ1) is 17.6. The predicted octanol–water partition coefficient (Wildman–Crippen LogP) is 1.70. The summed E-state index contributed by atoms with van der Waals surface area (Å²) < 4.78 is 8.08. The van der Waals surface area contributed by atoms with Crippen LogP contribution in [0.1, 0.15) is 21.7 Å². The van der Waals surface area contributed by atoms with Crippen molar-refractivity contribution in [3.63, 3.8) is 0 Å². The van der Waals surface area contributed by atoms with Gasteiger partial charge in [-0.2, -0.15) is 0 Å². The molecule has 24 heavy (non-hydrogen) atoms. The highest BCUT2D eigenvalue weighted by Gasteiger charge is 2.17. The Balaban J connectivity index is 2.29. The quantitative estimate of drug-likeness (QED) is 0.436. The lowest BCUT2D eigenvalue weighted by Gasteiger charge is -2.09. The van der Waals surface area contributed by atoms with Crippen molar-refractivity contribution >= 4 is 11.5 Å². The Morgan fingerprint density at radius 3 is 2.67 bits per heavy atom. The van der Waals surface area contributed by atoms with E-state index < -0.39 is 10.5 Å². The van der Waals surface area contributed by atoms with Crippen LogP contribution in [0, 0.1) is 24.0 Å². The molecule has 8 nitrogen and oxygen atoms in total. The van der Waals surface area contributed by atoms with Gasteiger partial charge in [-0.25, -0.2) is 0 Å². The van der Waals surface area contributed by atoms with Gasteiger partial charge in [-0.1, -0.05) is 0 Å². The first-order chi connectivity index (χ1) is 11.3. The molecule has 0 N–H and O–H groups in total. The monoisotopic (exact) mass is 333 g/mol. The summed E-state index contributed by atoms with van der Waals surface area (Å²) in [4.78, 5) is 34.6. The molecule has 0 radical (unpaired) electrons. The average molecular weight is 333 g/mol. The average Bonchev–Trinajstić information content (AvgIpc) is 2.82. The maximum absolute atomic E-state index is 12.5. The third-order valence-electron chi connectivity index (χ3n) is 3.89. The summed E-state index contributed by atoms with van der Waals surface area (Å²) in [5, 5.41) is 10.8. The summed E-state index contributed by atoms with van der Waals surface area (Å²) in [6, 6.07) is 3.98. The Hall–Kier alpha value is -2.74. The molecule has 0 spiro atoms. The van der Waals surface area contributed by atoms with Crippen molar-refractivity contribution in [3.8, 4) is 0 Å². The Labute approximate surface area is 138 Å². The Morgan fingerprint density at radius 1 is 1.33 bits per heavy atom. The van der Waals surface area contributed by atoms with E-state index in [1.54, 1.807) is 13.2 Å². The highest BCUT2D eigenvalue weighted by Crippen LogP contribution is 2.16. The number of pyridine rings is 1. The normalized spacial score (nSPS) is 10.8. The number of nitro groups is 1. The van der Waals surface area contributed by atoms with Crippen molar-refractivity contribution in [2.75, 3.05) is 13.7 Å². The van der Waals surface area contributed by atoms with Crippen LogP contribution in [0.3, 0.4) is 0 Å². The molecule has 2 rings (SSSR count). The number of ketones is 1. The lowest BCUT2D eigenvalue weighted by molar-refractivity contribution is -0.385. The van der Waals surface area contributed by atoms with Crippen LogP contribution < -0.4 is 5.56 Å². The van der Waals surface area contributed by atoms with Crippen LogP contribution >= 0.6 is 0 Å². The molecule has 0 aliphatic heterocycles. The molecule has 0 fully saturated rings. The van der Waals surface area contributed by atoms with Gasteiger partial charge in [0.2, 0.25) is 0 Å². The van der Waals surface area contributed by atoms with Crippen LogP contribution in [0.25, 0.3) is 0 Å². The second kappa shape index (κ2) is 7.22. The van der Waals surface area contributed by atoms with Crippen molar-refractivity contribution in [1.82, 2.24) is 9.13 Å². The number of rotatable bonds is 7. The van der Waals surface area contributed by atoms with E-state index in [9.17, 15) is 19.7 Å². The molecular formula is C16H19N3O5. The van der Waals surface area contributed by atoms with E-state index in [1.165, 1.54) is 0 Å². The van der Waals surface area contributed by atoms with E-state index >= 15 is 0 Å². The van der Waals surface area contributed by atoms with E-state index in [2.05, 4.69) is 0 Å². The molecule has 0 bridgehead atoms. The topological polar surface area (TPSA) is 96.4 Å². The third-order valence-corrected chi connectivity index (χ3v) is 3.89. The largest absolute Gasteiger partial charge is 0.383 e. The molecule has 0 saturated heterocycles. The highest BCUT2D eigenvalue weighted by atomic mass is 16.6. The number of nitrogens with zero attached hydrogens (tertiary/aromatic N) is 3. The van der Waals surface area contributed by atoms with Crippen molar-refractivity contribution in [2.24, 2.45) is 0 Å². The number of carbonyl (C=O) groups is 1. The Morgan fingerprint density at radius 2 is 2.04 bits per heavy atom. The number of hydrogen-bond acceptors (Lipinski definition) is 5. The van der Waals surface area contributed by atoms with Crippen LogP contribution in [-0.2, 0) is 17.8 Å². The van der Waals surface area contributed by atoms with Gasteiger partial charge in [0.25, 0.3) is 11.2 Å². The second-order valence-electron chi connectivity index (χ2n) is 5.46. The van der Waals surface area contributed by atoms with Crippen LogP contribution in [0.5, 0.6) is 0 Å². The fraction of sp³-hybridized carbons (Fsp3) is 0.375. The third kappa shape index (κ3) is 3.60. The molecular weight excluding hydrogens is 314 g/mol. The van der Waals surface area contributed by atoms with E-state index in [1.807, 2.05) is 18.4 Å². The van der Waals surface area contributed by atoms with Gasteiger partial charge in [-0.05, 0) is 19.9 Å². The predicted molar refractivity (Wildman–Crippen MR) is 87.5 cm³/mol. The first-order valence-corrected chi connectivity index (χ1v) is 7.39. The van der Waals surface area contributed by atoms with Crippen LogP contribution in [0.4, 0.5) is 5.69 Å². The summed E-state index contributed by atoms with van der Waals surface area (Å²) in [6.45, 7) is 4.62. The molecule has 2 aromatic rings. The molecule has 0 unspecified atom stereocenters. The summed E-state index contributed by atoms with van der Waals surface area (Å²) in [5.74, 6) is -0.269. The number of methoxy groups -OCH3 is 1. The van der Waals surface area contributed by atoms with Crippen molar-refractivity contribution in [1.29, 1.82) is 0 Å². The summed E-state index contributed by atoms with van der Waals surface area (Å²) >= 11 is 0. The van der Waals surface area contributed by atoms with Crippen molar-refractivity contribution < 1.29 is 14.5 Å². The summed E-state index contributed by atoms with van der Waals surface area (Å²) in [7, 11) is 1.61. The molecule has 2 heterocycles. The van der Waals surface area contributed by atoms with Gasteiger partial charge < -0.3 is 13.9 Å². The summed E-state index contributed by atoms with van der Waals surface area (Å²) in [6.07, 6.45) is 1.09. The minimum Gasteiger partial charge on any atom is -0.383 e. The van der Waals surface area contributed by atoms with Gasteiger partial charge in [0, 0.05) is 42.7 Å². The fourth-order valence-electron chi connectivity index (χ4n) is 2.60. The van der Waals surface area contributed by atoms with Gasteiger partial charge in [0.15, 0.2) is 5.78 Å². The minimum absolute atomic E-state index is 0.229. The lowest BCUT2D eigenvalue weighted by atomic mass is 10.1. The number of aryl methyl sites for hydroxylation is 1. The van der Waals surface area contributed by atoms with Crippen LogP contribution in [0.2, 0.25) is 0 Å². The lowest BCUT2D eigenvalue weighted by Crippen LogP contribution is -2.23. The number of ether oxygens (including phenoxy) is 1. The molecule has 128 valence electrons. The van der Waals surface area contributed by atoms with Gasteiger partial charge in [0.1, 0.15) is 0 Å². The van der Waals surface area contributed by atoms with Crippen LogP contribution in [-0.4, -0.2) is 33.6 Å². The van der Waals surface area contributed by atoms with E-state index in [0.29, 0.717) is 18.7 Å². The number of Topliss-reactive ketones (excluding diaryl/α,β-unsaturated/α-hetero) is 1. The molecule has 0 atom stereocenters. The molecule has 0 aliphatic carbocycles. The number of aromatic nitrogens is 2. The second-order valence-corrected chi connectivity index (χ2v) is 5.46. The van der Waals surface area contributed by atoms with Gasteiger partial charge in [0.05, 0.1) is 24.3 Å². The Kier molecular flexibility index (Phi) is 5.30. The van der Waals surface area contributed by atoms with E-state index in [4.69, 9.17) is 4.74 Å². The standard InChI is InChI=1S/C16H19N3O5/c1-11-8-14(12(2)18(11)6-7-24-3)15(20)10-17-9-13(19(22)23)4-5-16(17)21/h4-5,8-9H,6-7,10H2,1-3H3. The van der Waals surface area contributed by atoms with Crippen molar-refractivity contribution in [3.05, 3.63) is 61.8 Å². The minimum atomic E-state index is -0.600. The van der Waals surface area contributed by atoms with Crippen molar-refractivity contribution in [2.45, 2.75) is 26.9 Å². The zero-order valence-electron chi connectivity index (χ0n) is 13.8. The first-order valence-electron chi connectivity index (χ1n) is 7.39. The zero-order chi connectivity index (χ0) is 17.9. The fourth-order valence-corrected chi connectivity index (χ4v) is 2.60. The number of carbonyl (C=O) groups excluding carboxylic acids is 1. The molecule has 2 aromatic heterocycles. The number of hydrogen-bond donors (Lipinski definition) is 0. The molecule has 0 saturated carbocycles. The zero-order valence-corrected chi connectivity index (χ0v) is 13.8. The summed E-state index contributed by atoms with van der Waals surface area (Å²) in [5.41, 5.74) is 1.52.